The normalized spacial score (nSPS) is 18.8. The first-order valence-electron chi connectivity index (χ1n) is 10.2. The highest BCUT2D eigenvalue weighted by atomic mass is 16.5. The summed E-state index contributed by atoms with van der Waals surface area (Å²) in [5, 5.41) is 8.56. The predicted molar refractivity (Wildman–Crippen MR) is 107 cm³/mol. The maximum absolute atomic E-state index is 12.9. The van der Waals surface area contributed by atoms with E-state index in [-0.39, 0.29) is 23.7 Å². The zero-order valence-electron chi connectivity index (χ0n) is 17.1. The lowest BCUT2D eigenvalue weighted by Crippen LogP contribution is -2.46. The largest absolute Gasteiger partial charge is 0.466 e. The molecule has 0 aromatic carbocycles. The van der Waals surface area contributed by atoms with Crippen LogP contribution in [0.4, 0.5) is 11.6 Å². The molecule has 0 aliphatic carbocycles. The molecule has 0 N–H and O–H groups in total. The van der Waals surface area contributed by atoms with Crippen LogP contribution in [0, 0.1) is 11.8 Å². The van der Waals surface area contributed by atoms with Gasteiger partial charge in [-0.3, -0.25) is 9.59 Å². The lowest BCUT2D eigenvalue weighted by molar-refractivity contribution is -0.151. The lowest BCUT2D eigenvalue weighted by atomic mass is 9.92. The van der Waals surface area contributed by atoms with Gasteiger partial charge in [0.1, 0.15) is 0 Å². The van der Waals surface area contributed by atoms with Crippen molar-refractivity contribution >= 4 is 23.5 Å². The zero-order valence-corrected chi connectivity index (χ0v) is 17.1. The first-order chi connectivity index (χ1) is 13.5. The first-order valence-corrected chi connectivity index (χ1v) is 10.2. The van der Waals surface area contributed by atoms with Crippen molar-refractivity contribution in [3.8, 4) is 0 Å². The van der Waals surface area contributed by atoms with Gasteiger partial charge in [0.15, 0.2) is 11.6 Å². The van der Waals surface area contributed by atoms with Crippen molar-refractivity contribution in [2.45, 2.75) is 32.6 Å². The fourth-order valence-corrected chi connectivity index (χ4v) is 3.93. The predicted octanol–water partition coefficient (Wildman–Crippen LogP) is 1.56. The van der Waals surface area contributed by atoms with E-state index >= 15 is 0 Å². The number of ether oxygens (including phenoxy) is 1. The third kappa shape index (κ3) is 4.72. The number of piperidine rings is 2. The number of amides is 1. The Kier molecular flexibility index (Phi) is 6.70. The number of nitrogens with zero attached hydrogens (tertiary/aromatic N) is 5. The van der Waals surface area contributed by atoms with E-state index in [2.05, 4.69) is 15.1 Å². The van der Waals surface area contributed by atoms with Gasteiger partial charge in [-0.25, -0.2) is 0 Å². The Bertz CT molecular complexity index is 663. The molecular weight excluding hydrogens is 358 g/mol. The van der Waals surface area contributed by atoms with E-state index in [1.165, 1.54) is 0 Å². The van der Waals surface area contributed by atoms with Crippen molar-refractivity contribution in [2.24, 2.45) is 11.8 Å². The minimum atomic E-state index is -0.121. The van der Waals surface area contributed by atoms with Crippen molar-refractivity contribution in [1.82, 2.24) is 15.1 Å². The fourth-order valence-electron chi connectivity index (χ4n) is 3.93. The number of likely N-dealkylation sites (tertiary alicyclic amines) is 1. The molecule has 2 fully saturated rings. The maximum atomic E-state index is 12.9. The van der Waals surface area contributed by atoms with E-state index < -0.39 is 0 Å². The summed E-state index contributed by atoms with van der Waals surface area (Å²) in [6, 6.07) is 3.96. The summed E-state index contributed by atoms with van der Waals surface area (Å²) in [4.78, 5) is 30.8. The molecule has 8 nitrogen and oxygen atoms in total. The third-order valence-electron chi connectivity index (χ3n) is 5.69. The molecule has 0 spiro atoms. The molecule has 0 atom stereocenters. The number of carbonyl (C=O) groups is 2. The topological polar surface area (TPSA) is 78.9 Å². The monoisotopic (exact) mass is 389 g/mol. The number of anilines is 2. The van der Waals surface area contributed by atoms with Crippen LogP contribution in [-0.2, 0) is 14.3 Å². The average molecular weight is 390 g/mol. The van der Waals surface area contributed by atoms with Gasteiger partial charge in [-0.2, -0.15) is 0 Å². The Labute approximate surface area is 166 Å². The molecule has 1 aromatic rings. The Morgan fingerprint density at radius 1 is 1.04 bits per heavy atom. The Balaban J connectivity index is 1.47. The summed E-state index contributed by atoms with van der Waals surface area (Å²) in [5.74, 6) is 1.81. The smallest absolute Gasteiger partial charge is 0.309 e. The van der Waals surface area contributed by atoms with Crippen LogP contribution in [0.15, 0.2) is 12.1 Å². The lowest BCUT2D eigenvalue weighted by Gasteiger charge is -2.37. The number of aromatic nitrogens is 2. The second kappa shape index (κ2) is 9.21. The first kappa shape index (κ1) is 20.4. The SMILES string of the molecule is CCOC(=O)C1CCN(C(=O)C2CCN(c3ccc(N(C)C)nn3)CC2)CC1. The number of hydrogen-bond donors (Lipinski definition) is 0. The highest BCUT2D eigenvalue weighted by molar-refractivity contribution is 5.80. The Hall–Kier alpha value is -2.38. The molecule has 8 heteroatoms. The van der Waals surface area contributed by atoms with Crippen molar-refractivity contribution < 1.29 is 14.3 Å². The molecule has 0 radical (unpaired) electrons. The molecule has 3 rings (SSSR count). The second-order valence-corrected chi connectivity index (χ2v) is 7.76. The van der Waals surface area contributed by atoms with Crippen LogP contribution in [0.3, 0.4) is 0 Å². The van der Waals surface area contributed by atoms with Crippen molar-refractivity contribution in [3.05, 3.63) is 12.1 Å². The Morgan fingerprint density at radius 2 is 1.68 bits per heavy atom. The third-order valence-corrected chi connectivity index (χ3v) is 5.69. The molecular formula is C20H31N5O3. The molecule has 0 saturated carbocycles. The van der Waals surface area contributed by atoms with E-state index in [0.717, 1.165) is 37.6 Å². The quantitative estimate of drug-likeness (QED) is 0.707. The van der Waals surface area contributed by atoms with Crippen molar-refractivity contribution in [3.63, 3.8) is 0 Å². The van der Waals surface area contributed by atoms with Gasteiger partial charge >= 0.3 is 5.97 Å². The van der Waals surface area contributed by atoms with Crippen LogP contribution in [0.2, 0.25) is 0 Å². The van der Waals surface area contributed by atoms with Crippen LogP contribution in [0.5, 0.6) is 0 Å². The number of esters is 1. The molecule has 0 unspecified atom stereocenters. The highest BCUT2D eigenvalue weighted by Crippen LogP contribution is 2.26. The van der Waals surface area contributed by atoms with Crippen LogP contribution < -0.4 is 9.80 Å². The summed E-state index contributed by atoms with van der Waals surface area (Å²) >= 11 is 0. The number of rotatable bonds is 5. The molecule has 2 aliphatic heterocycles. The molecule has 2 saturated heterocycles. The maximum Gasteiger partial charge on any atom is 0.309 e. The highest BCUT2D eigenvalue weighted by Gasteiger charge is 2.33. The van der Waals surface area contributed by atoms with Gasteiger partial charge in [-0.05, 0) is 44.7 Å². The average Bonchev–Trinajstić information content (AvgIpc) is 2.74. The van der Waals surface area contributed by atoms with Crippen molar-refractivity contribution in [2.75, 3.05) is 56.7 Å². The minimum absolute atomic E-state index is 0.0596. The molecule has 3 heterocycles. The summed E-state index contributed by atoms with van der Waals surface area (Å²) in [6.07, 6.45) is 3.07. The fraction of sp³-hybridized carbons (Fsp3) is 0.700. The van der Waals surface area contributed by atoms with E-state index in [0.29, 0.717) is 32.5 Å². The summed E-state index contributed by atoms with van der Waals surface area (Å²) < 4.78 is 5.11. The van der Waals surface area contributed by atoms with E-state index in [1.807, 2.05) is 43.0 Å². The van der Waals surface area contributed by atoms with E-state index in [9.17, 15) is 9.59 Å². The summed E-state index contributed by atoms with van der Waals surface area (Å²) in [7, 11) is 3.88. The number of hydrogen-bond acceptors (Lipinski definition) is 7. The van der Waals surface area contributed by atoms with E-state index in [4.69, 9.17) is 4.74 Å². The molecule has 28 heavy (non-hydrogen) atoms. The molecule has 1 aromatic heterocycles. The van der Waals surface area contributed by atoms with Crippen LogP contribution in [0.1, 0.15) is 32.6 Å². The minimum Gasteiger partial charge on any atom is -0.466 e. The zero-order chi connectivity index (χ0) is 20.1. The Morgan fingerprint density at radius 3 is 2.21 bits per heavy atom. The van der Waals surface area contributed by atoms with Crippen LogP contribution in [-0.4, -0.2) is 73.9 Å². The van der Waals surface area contributed by atoms with Gasteiger partial charge < -0.3 is 19.4 Å². The van der Waals surface area contributed by atoms with Gasteiger partial charge in [0, 0.05) is 46.2 Å². The molecule has 1 amide bonds. The summed E-state index contributed by atoms with van der Waals surface area (Å²) in [6.45, 7) is 5.17. The standard InChI is InChI=1S/C20H31N5O3/c1-4-28-20(27)16-9-13-25(14-10-16)19(26)15-7-11-24(12-8-15)18-6-5-17(21-22-18)23(2)3/h5-6,15-16H,4,7-14H2,1-3H3. The van der Waals surface area contributed by atoms with Crippen LogP contribution >= 0.6 is 0 Å². The summed E-state index contributed by atoms with van der Waals surface area (Å²) in [5.41, 5.74) is 0. The van der Waals surface area contributed by atoms with Gasteiger partial charge in [0.25, 0.3) is 0 Å². The van der Waals surface area contributed by atoms with Gasteiger partial charge in [-0.1, -0.05) is 0 Å². The van der Waals surface area contributed by atoms with Crippen LogP contribution in [0.25, 0.3) is 0 Å². The van der Waals surface area contributed by atoms with Gasteiger partial charge in [0.2, 0.25) is 5.91 Å². The van der Waals surface area contributed by atoms with Gasteiger partial charge in [-0.15, -0.1) is 10.2 Å². The molecule has 0 bridgehead atoms. The second-order valence-electron chi connectivity index (χ2n) is 7.76. The number of carbonyl (C=O) groups excluding carboxylic acids is 2. The van der Waals surface area contributed by atoms with Crippen molar-refractivity contribution in [1.29, 1.82) is 0 Å². The van der Waals surface area contributed by atoms with E-state index in [1.54, 1.807) is 0 Å². The molecule has 154 valence electrons. The molecule has 2 aliphatic rings. The van der Waals surface area contributed by atoms with Gasteiger partial charge in [0.05, 0.1) is 12.5 Å².